The van der Waals surface area contributed by atoms with Gasteiger partial charge in [0.05, 0.1) is 12.2 Å². The van der Waals surface area contributed by atoms with Crippen LogP contribution in [-0.2, 0) is 13.6 Å². The van der Waals surface area contributed by atoms with Crippen LogP contribution < -0.4 is 20.7 Å². The monoisotopic (exact) mass is 861 g/mol. The van der Waals surface area contributed by atoms with Gasteiger partial charge in [0.25, 0.3) is 16.6 Å². The molecule has 0 saturated heterocycles. The lowest BCUT2D eigenvalue weighted by Crippen LogP contribution is -2.69. The summed E-state index contributed by atoms with van der Waals surface area (Å²) in [5.41, 5.74) is 4.04. The Balaban J connectivity index is 1.36. The summed E-state index contributed by atoms with van der Waals surface area (Å²) in [5, 5.41) is 4.79. The van der Waals surface area contributed by atoms with Crippen LogP contribution in [0.4, 0.5) is 0 Å². The lowest BCUT2D eigenvalue weighted by molar-refractivity contribution is -0.104. The minimum Gasteiger partial charge on any atom is -0.404 e. The summed E-state index contributed by atoms with van der Waals surface area (Å²) in [4.78, 5) is 11.4. The zero-order valence-electron chi connectivity index (χ0n) is 39.1. The molecule has 4 aromatic carbocycles. The highest BCUT2D eigenvalue weighted by Crippen LogP contribution is 2.62. The fourth-order valence-electron chi connectivity index (χ4n) is 12.4. The van der Waals surface area contributed by atoms with Crippen LogP contribution >= 0.6 is 0 Å². The van der Waals surface area contributed by atoms with E-state index < -0.39 is 16.6 Å². The van der Waals surface area contributed by atoms with Crippen LogP contribution in [0, 0.1) is 22.7 Å². The zero-order chi connectivity index (χ0) is 44.4. The van der Waals surface area contributed by atoms with Crippen LogP contribution in [0.25, 0.3) is 0 Å². The number of benzene rings is 4. The van der Waals surface area contributed by atoms with E-state index in [4.69, 9.17) is 15.4 Å². The molecule has 0 bridgehead atoms. The maximum Gasteiger partial charge on any atom is 0.261 e. The lowest BCUT2D eigenvalue weighted by Gasteiger charge is -2.49. The molecule has 326 valence electrons. The fraction of sp³-hybridized carbons (Fsp3) is 0.421. The maximum atomic E-state index is 11.4. The predicted molar refractivity (Wildman–Crippen MR) is 267 cm³/mol. The van der Waals surface area contributed by atoms with Gasteiger partial charge in [-0.15, -0.1) is 0 Å². The third-order valence-electron chi connectivity index (χ3n) is 15.2. The number of carbonyl (C=O) groups excluding carboxylic acids is 1. The predicted octanol–water partition coefficient (Wildman–Crippen LogP) is 12.1. The molecule has 0 spiro atoms. The number of carbonyl (C=O) groups is 1. The van der Waals surface area contributed by atoms with E-state index in [1.807, 2.05) is 0 Å². The summed E-state index contributed by atoms with van der Waals surface area (Å²) < 4.78 is 16.1. The first kappa shape index (κ1) is 45.9. The lowest BCUT2D eigenvalue weighted by atomic mass is 9.57. The van der Waals surface area contributed by atoms with Crippen LogP contribution in [-0.4, -0.2) is 35.1 Å². The first-order valence-corrected chi connectivity index (χ1v) is 27.1. The van der Waals surface area contributed by atoms with Crippen molar-refractivity contribution in [3.63, 3.8) is 0 Å². The standard InChI is InChI=1S/C57H72O3Si2/c1-43-45(35-34-44-25-23-39-57(10)51(44)36-37-53(57)56(8,9)38-24-40-58)41-46(59-61(54(2,3)4,47-26-15-11-16-27-47)48-28-17-12-18-29-48)42-52(43)60-62(55(5,6)7,49-30-19-13-20-31-49)50-32-21-14-22-33-50/h11-22,24,26-35,38,40,46,51-53H,1,23,25,36-37,39,41-42H2,2-10H3/b38-24+,44-34+,45-35+/t46-,51+,52+,53-,57+/m1/s1. The molecule has 7 rings (SSSR count). The van der Waals surface area contributed by atoms with Crippen molar-refractivity contribution in [2.45, 2.75) is 130 Å². The molecule has 3 aliphatic rings. The van der Waals surface area contributed by atoms with Crippen molar-refractivity contribution < 1.29 is 13.6 Å². The van der Waals surface area contributed by atoms with E-state index >= 15 is 0 Å². The zero-order valence-corrected chi connectivity index (χ0v) is 41.1. The van der Waals surface area contributed by atoms with Crippen molar-refractivity contribution in [2.75, 3.05) is 0 Å². The molecule has 0 aliphatic heterocycles. The summed E-state index contributed by atoms with van der Waals surface area (Å²) in [6.45, 7) is 26.4. The molecule has 4 aromatic rings. The number of aldehydes is 1. The van der Waals surface area contributed by atoms with Crippen LogP contribution in [0.15, 0.2) is 169 Å². The maximum absolute atomic E-state index is 11.4. The average Bonchev–Trinajstić information content (AvgIpc) is 3.63. The molecule has 3 saturated carbocycles. The molecule has 3 fully saturated rings. The summed E-state index contributed by atoms with van der Waals surface area (Å²) in [6, 6.07) is 44.2. The molecule has 3 nitrogen and oxygen atoms in total. The first-order valence-electron chi connectivity index (χ1n) is 23.3. The van der Waals surface area contributed by atoms with Gasteiger partial charge in [-0.05, 0) is 109 Å². The van der Waals surface area contributed by atoms with Gasteiger partial charge < -0.3 is 8.85 Å². The highest BCUT2D eigenvalue weighted by atomic mass is 28.4. The number of hydrogen-bond donors (Lipinski definition) is 0. The van der Waals surface area contributed by atoms with Crippen LogP contribution in [0.3, 0.4) is 0 Å². The first-order chi connectivity index (χ1) is 29.5. The largest absolute Gasteiger partial charge is 0.404 e. The molecule has 5 atom stereocenters. The second kappa shape index (κ2) is 18.2. The van der Waals surface area contributed by atoms with E-state index in [2.05, 4.69) is 202 Å². The smallest absolute Gasteiger partial charge is 0.261 e. The van der Waals surface area contributed by atoms with Crippen molar-refractivity contribution in [1.82, 2.24) is 0 Å². The van der Waals surface area contributed by atoms with Crippen molar-refractivity contribution in [2.24, 2.45) is 22.7 Å². The Labute approximate surface area is 376 Å². The molecule has 0 radical (unpaired) electrons. The molecule has 0 N–H and O–H groups in total. The Kier molecular flexibility index (Phi) is 13.4. The van der Waals surface area contributed by atoms with Crippen molar-refractivity contribution in [3.05, 3.63) is 169 Å². The van der Waals surface area contributed by atoms with Gasteiger partial charge in [-0.1, -0.05) is 214 Å². The van der Waals surface area contributed by atoms with Gasteiger partial charge in [0, 0.05) is 6.42 Å². The van der Waals surface area contributed by atoms with Gasteiger partial charge in [-0.2, -0.15) is 0 Å². The van der Waals surface area contributed by atoms with Gasteiger partial charge >= 0.3 is 0 Å². The molecule has 0 aromatic heterocycles. The van der Waals surface area contributed by atoms with Crippen LogP contribution in [0.1, 0.15) is 107 Å². The summed E-state index contributed by atoms with van der Waals surface area (Å²) in [6.07, 6.45) is 16.8. The summed E-state index contributed by atoms with van der Waals surface area (Å²) in [7, 11) is -5.86. The van der Waals surface area contributed by atoms with E-state index in [0.717, 1.165) is 31.1 Å². The second-order valence-corrected chi connectivity index (χ2v) is 29.9. The average molecular weight is 861 g/mol. The van der Waals surface area contributed by atoms with E-state index in [0.29, 0.717) is 11.8 Å². The minimum absolute atomic E-state index is 0.0417. The van der Waals surface area contributed by atoms with Gasteiger partial charge in [-0.3, -0.25) is 4.79 Å². The normalized spacial score (nSPS) is 25.3. The highest BCUT2D eigenvalue weighted by molar-refractivity contribution is 7.00. The number of hydrogen-bond acceptors (Lipinski definition) is 3. The SMILES string of the molecule is C=C1/C(=C/C=C2\CCC[C@]3(C)[C@@H](C(C)(C)/C=C/C=O)CC[C@@H]23)C[C@@H](O[Si](c2ccccc2)(c2ccccc2)C(C)(C)C)C[C@@H]1O[Si](c1ccccc1)(c1ccccc1)C(C)(C)C. The van der Waals surface area contributed by atoms with E-state index in [9.17, 15) is 4.79 Å². The topological polar surface area (TPSA) is 35.5 Å². The molecular formula is C57H72O3Si2. The Morgan fingerprint density at radius 1 is 0.661 bits per heavy atom. The highest BCUT2D eigenvalue weighted by Gasteiger charge is 2.56. The third-order valence-corrected chi connectivity index (χ3v) is 25.3. The molecular weight excluding hydrogens is 789 g/mol. The number of allylic oxidation sites excluding steroid dienone is 5. The minimum atomic E-state index is -2.95. The van der Waals surface area contributed by atoms with E-state index in [1.54, 1.807) is 11.6 Å². The quantitative estimate of drug-likeness (QED) is 0.0809. The Hall–Kier alpha value is -4.14. The summed E-state index contributed by atoms with van der Waals surface area (Å²) in [5.74, 6) is 1.04. The van der Waals surface area contributed by atoms with Gasteiger partial charge in [0.2, 0.25) is 0 Å². The number of fused-ring (bicyclic) bond motifs is 1. The molecule has 0 unspecified atom stereocenters. The van der Waals surface area contributed by atoms with Crippen LogP contribution in [0.2, 0.25) is 10.1 Å². The van der Waals surface area contributed by atoms with Gasteiger partial charge in [0.15, 0.2) is 0 Å². The van der Waals surface area contributed by atoms with Crippen molar-refractivity contribution in [1.29, 1.82) is 0 Å². The Bertz CT molecular complexity index is 2170. The van der Waals surface area contributed by atoms with Gasteiger partial charge in [0.1, 0.15) is 6.29 Å². The Morgan fingerprint density at radius 2 is 1.13 bits per heavy atom. The van der Waals surface area contributed by atoms with Crippen molar-refractivity contribution in [3.8, 4) is 0 Å². The van der Waals surface area contributed by atoms with Gasteiger partial charge in [-0.25, -0.2) is 0 Å². The van der Waals surface area contributed by atoms with E-state index in [-0.39, 0.29) is 33.1 Å². The summed E-state index contributed by atoms with van der Waals surface area (Å²) >= 11 is 0. The van der Waals surface area contributed by atoms with Crippen LogP contribution in [0.5, 0.6) is 0 Å². The molecule has 0 heterocycles. The number of rotatable bonds is 12. The molecule has 5 heteroatoms. The molecule has 3 aliphatic carbocycles. The Morgan fingerprint density at radius 3 is 1.58 bits per heavy atom. The van der Waals surface area contributed by atoms with E-state index in [1.165, 1.54) is 52.0 Å². The molecule has 62 heavy (non-hydrogen) atoms. The molecule has 0 amide bonds. The third kappa shape index (κ3) is 8.60. The fourth-order valence-corrected chi connectivity index (χ4v) is 21.7. The second-order valence-electron chi connectivity index (χ2n) is 21.4. The van der Waals surface area contributed by atoms with Crippen molar-refractivity contribution >= 4 is 43.7 Å².